The predicted octanol–water partition coefficient (Wildman–Crippen LogP) is -0.222. The van der Waals surface area contributed by atoms with E-state index in [4.69, 9.17) is 0 Å². The van der Waals surface area contributed by atoms with Crippen LogP contribution in [0, 0.1) is 6.92 Å². The maximum atomic E-state index is 11.9. The lowest BCUT2D eigenvalue weighted by molar-refractivity contribution is -0.135. The number of ketones is 1. The molecule has 1 aliphatic heterocycles. The summed E-state index contributed by atoms with van der Waals surface area (Å²) in [7, 11) is 0. The van der Waals surface area contributed by atoms with Crippen molar-refractivity contribution in [2.45, 2.75) is 26.3 Å². The van der Waals surface area contributed by atoms with Gasteiger partial charge in [-0.3, -0.25) is 9.59 Å². The average Bonchev–Trinajstić information content (AvgIpc) is 2.65. The van der Waals surface area contributed by atoms with Crippen molar-refractivity contribution in [3.05, 3.63) is 11.9 Å². The first kappa shape index (κ1) is 10.8. The molecule has 1 fully saturated rings. The van der Waals surface area contributed by atoms with E-state index < -0.39 is 0 Å². The van der Waals surface area contributed by atoms with E-state index in [-0.39, 0.29) is 18.2 Å². The summed E-state index contributed by atoms with van der Waals surface area (Å²) in [5, 5.41) is 7.54. The van der Waals surface area contributed by atoms with Gasteiger partial charge in [-0.15, -0.1) is 5.10 Å². The van der Waals surface area contributed by atoms with E-state index >= 15 is 0 Å². The van der Waals surface area contributed by atoms with Gasteiger partial charge in [0.2, 0.25) is 5.91 Å². The number of amides is 1. The average molecular weight is 222 g/mol. The molecule has 2 rings (SSSR count). The third kappa shape index (κ3) is 2.26. The summed E-state index contributed by atoms with van der Waals surface area (Å²) >= 11 is 0. The van der Waals surface area contributed by atoms with Gasteiger partial charge in [-0.2, -0.15) is 0 Å². The van der Waals surface area contributed by atoms with E-state index in [0.717, 1.165) is 5.69 Å². The number of rotatable bonds is 2. The lowest BCUT2D eigenvalue weighted by Crippen LogP contribution is -2.40. The number of likely N-dealkylation sites (tertiary alicyclic amines) is 1. The van der Waals surface area contributed by atoms with E-state index in [1.807, 2.05) is 6.92 Å². The molecule has 1 aliphatic rings. The van der Waals surface area contributed by atoms with Crippen LogP contribution in [0.1, 0.15) is 18.5 Å². The molecular weight excluding hydrogens is 208 g/mol. The number of piperidine rings is 1. The molecule has 16 heavy (non-hydrogen) atoms. The Morgan fingerprint density at radius 2 is 2.12 bits per heavy atom. The highest BCUT2D eigenvalue weighted by Gasteiger charge is 2.21. The molecule has 6 nitrogen and oxygen atoms in total. The zero-order valence-corrected chi connectivity index (χ0v) is 9.22. The second kappa shape index (κ2) is 4.42. The number of aromatic nitrogens is 3. The van der Waals surface area contributed by atoms with Crippen molar-refractivity contribution in [3.8, 4) is 0 Å². The molecule has 1 aromatic rings. The Labute approximate surface area is 93.2 Å². The molecule has 0 atom stereocenters. The summed E-state index contributed by atoms with van der Waals surface area (Å²) in [6, 6.07) is 0. The van der Waals surface area contributed by atoms with Crippen molar-refractivity contribution in [1.82, 2.24) is 19.9 Å². The molecule has 86 valence electrons. The summed E-state index contributed by atoms with van der Waals surface area (Å²) in [6.45, 7) is 3.13. The Hall–Kier alpha value is -1.72. The molecule has 1 amide bonds. The van der Waals surface area contributed by atoms with Gasteiger partial charge in [0.05, 0.1) is 11.9 Å². The number of carbonyl (C=O) groups excluding carboxylic acids is 2. The minimum absolute atomic E-state index is 0.00102. The van der Waals surface area contributed by atoms with E-state index in [1.54, 1.807) is 15.8 Å². The van der Waals surface area contributed by atoms with Crippen LogP contribution in [-0.4, -0.2) is 44.7 Å². The minimum atomic E-state index is 0.00102. The van der Waals surface area contributed by atoms with Crippen LogP contribution in [0.15, 0.2) is 6.20 Å². The first-order chi connectivity index (χ1) is 7.66. The van der Waals surface area contributed by atoms with Crippen LogP contribution in [0.2, 0.25) is 0 Å². The lowest BCUT2D eigenvalue weighted by Gasteiger charge is -2.26. The molecule has 0 saturated carbocycles. The standard InChI is InChI=1S/C10H14N4O2/c1-8-6-11-12-14(8)7-10(16)13-4-2-9(15)3-5-13/h6H,2-5,7H2,1H3. The molecule has 0 aromatic carbocycles. The minimum Gasteiger partial charge on any atom is -0.340 e. The van der Waals surface area contributed by atoms with E-state index in [1.165, 1.54) is 0 Å². The maximum Gasteiger partial charge on any atom is 0.244 e. The molecule has 1 saturated heterocycles. The van der Waals surface area contributed by atoms with Crippen LogP contribution in [0.3, 0.4) is 0 Å². The van der Waals surface area contributed by atoms with Gasteiger partial charge < -0.3 is 4.90 Å². The number of carbonyl (C=O) groups is 2. The highest BCUT2D eigenvalue weighted by Crippen LogP contribution is 2.07. The van der Waals surface area contributed by atoms with E-state index in [9.17, 15) is 9.59 Å². The van der Waals surface area contributed by atoms with Crippen LogP contribution in [0.5, 0.6) is 0 Å². The van der Waals surface area contributed by atoms with Crippen molar-refractivity contribution >= 4 is 11.7 Å². The van der Waals surface area contributed by atoms with Gasteiger partial charge in [-0.25, -0.2) is 4.68 Å². The van der Waals surface area contributed by atoms with Gasteiger partial charge >= 0.3 is 0 Å². The van der Waals surface area contributed by atoms with Crippen LogP contribution in [-0.2, 0) is 16.1 Å². The summed E-state index contributed by atoms with van der Waals surface area (Å²) < 4.78 is 1.57. The number of Topliss-reactive ketones (excluding diaryl/α,β-unsaturated/α-hetero) is 1. The normalized spacial score (nSPS) is 16.6. The number of nitrogens with zero attached hydrogens (tertiary/aromatic N) is 4. The third-order valence-corrected chi connectivity index (χ3v) is 2.77. The topological polar surface area (TPSA) is 68.1 Å². The summed E-state index contributed by atoms with van der Waals surface area (Å²) in [4.78, 5) is 24.6. The smallest absolute Gasteiger partial charge is 0.244 e. The Morgan fingerprint density at radius 3 is 2.69 bits per heavy atom. The molecule has 0 unspecified atom stereocenters. The van der Waals surface area contributed by atoms with Crippen molar-refractivity contribution in [3.63, 3.8) is 0 Å². The largest absolute Gasteiger partial charge is 0.340 e. The molecule has 6 heteroatoms. The zero-order chi connectivity index (χ0) is 11.5. The highest BCUT2D eigenvalue weighted by molar-refractivity contribution is 5.83. The molecule has 0 spiro atoms. The fourth-order valence-corrected chi connectivity index (χ4v) is 1.70. The van der Waals surface area contributed by atoms with Crippen molar-refractivity contribution in [1.29, 1.82) is 0 Å². The Kier molecular flexibility index (Phi) is 2.98. The molecular formula is C10H14N4O2. The van der Waals surface area contributed by atoms with Gasteiger partial charge in [0, 0.05) is 25.9 Å². The highest BCUT2D eigenvalue weighted by atomic mass is 16.2. The second-order valence-electron chi connectivity index (χ2n) is 3.95. The lowest BCUT2D eigenvalue weighted by atomic mass is 10.1. The van der Waals surface area contributed by atoms with Crippen molar-refractivity contribution in [2.75, 3.05) is 13.1 Å². The van der Waals surface area contributed by atoms with Crippen molar-refractivity contribution in [2.24, 2.45) is 0 Å². The molecule has 0 bridgehead atoms. The maximum absolute atomic E-state index is 11.9. The van der Waals surface area contributed by atoms with Gasteiger partial charge in [-0.05, 0) is 6.92 Å². The van der Waals surface area contributed by atoms with Crippen LogP contribution >= 0.6 is 0 Å². The quantitative estimate of drug-likeness (QED) is 0.693. The van der Waals surface area contributed by atoms with Gasteiger partial charge in [-0.1, -0.05) is 5.21 Å². The summed E-state index contributed by atoms with van der Waals surface area (Å²) in [5.41, 5.74) is 0.862. The fourth-order valence-electron chi connectivity index (χ4n) is 1.70. The number of hydrogen-bond donors (Lipinski definition) is 0. The van der Waals surface area contributed by atoms with Crippen LogP contribution in [0.25, 0.3) is 0 Å². The second-order valence-corrected chi connectivity index (χ2v) is 3.95. The molecule has 0 N–H and O–H groups in total. The van der Waals surface area contributed by atoms with Crippen LogP contribution < -0.4 is 0 Å². The first-order valence-corrected chi connectivity index (χ1v) is 5.31. The van der Waals surface area contributed by atoms with E-state index in [0.29, 0.717) is 25.9 Å². The molecule has 1 aromatic heterocycles. The van der Waals surface area contributed by atoms with E-state index in [2.05, 4.69) is 10.3 Å². The third-order valence-electron chi connectivity index (χ3n) is 2.77. The SMILES string of the molecule is Cc1cnnn1CC(=O)N1CCC(=O)CC1. The van der Waals surface area contributed by atoms with Gasteiger partial charge in [0.1, 0.15) is 12.3 Å². The molecule has 0 radical (unpaired) electrons. The Balaban J connectivity index is 1.93. The molecule has 2 heterocycles. The monoisotopic (exact) mass is 222 g/mol. The van der Waals surface area contributed by atoms with Gasteiger partial charge in [0.25, 0.3) is 0 Å². The zero-order valence-electron chi connectivity index (χ0n) is 9.22. The Bertz CT molecular complexity index is 403. The summed E-state index contributed by atoms with van der Waals surface area (Å²) in [6.07, 6.45) is 2.57. The summed E-state index contributed by atoms with van der Waals surface area (Å²) in [5.74, 6) is 0.238. The first-order valence-electron chi connectivity index (χ1n) is 5.31. The predicted molar refractivity (Wildman–Crippen MR) is 55.6 cm³/mol. The fraction of sp³-hybridized carbons (Fsp3) is 0.600. The number of hydrogen-bond acceptors (Lipinski definition) is 4. The number of aryl methyl sites for hydroxylation is 1. The van der Waals surface area contributed by atoms with Crippen molar-refractivity contribution < 1.29 is 9.59 Å². The van der Waals surface area contributed by atoms with Gasteiger partial charge in [0.15, 0.2) is 0 Å². The Morgan fingerprint density at radius 1 is 1.44 bits per heavy atom. The van der Waals surface area contributed by atoms with Crippen LogP contribution in [0.4, 0.5) is 0 Å². The molecule has 0 aliphatic carbocycles.